The van der Waals surface area contributed by atoms with Gasteiger partial charge in [-0.3, -0.25) is 15.6 Å². The molecule has 0 aromatic carbocycles. The molecule has 4 rings (SSSR count). The monoisotopic (exact) mass is 453 g/mol. The van der Waals surface area contributed by atoms with Crippen LogP contribution in [0.15, 0.2) is 11.8 Å². The molecule has 1 saturated heterocycles. The van der Waals surface area contributed by atoms with Crippen molar-refractivity contribution < 1.29 is 14.6 Å². The molecule has 1 amide bonds. The smallest absolute Gasteiger partial charge is 0.322 e. The van der Waals surface area contributed by atoms with Crippen LogP contribution in [0.25, 0.3) is 0 Å². The van der Waals surface area contributed by atoms with E-state index in [1.807, 2.05) is 4.90 Å². The van der Waals surface area contributed by atoms with Gasteiger partial charge in [-0.1, -0.05) is 0 Å². The Kier molecular flexibility index (Phi) is 6.24. The van der Waals surface area contributed by atoms with Gasteiger partial charge < -0.3 is 25.4 Å². The first-order chi connectivity index (χ1) is 15.8. The Morgan fingerprint density at radius 2 is 2.12 bits per heavy atom. The van der Waals surface area contributed by atoms with Crippen molar-refractivity contribution in [3.05, 3.63) is 17.6 Å². The van der Waals surface area contributed by atoms with Crippen LogP contribution < -0.4 is 20.3 Å². The summed E-state index contributed by atoms with van der Waals surface area (Å²) in [7, 11) is 0. The maximum absolute atomic E-state index is 12.6. The van der Waals surface area contributed by atoms with Gasteiger partial charge in [0, 0.05) is 30.9 Å². The molecule has 1 atom stereocenters. The number of hydrogen-bond donors (Lipinski definition) is 5. The van der Waals surface area contributed by atoms with Crippen molar-refractivity contribution in [3.63, 3.8) is 0 Å². The lowest BCUT2D eigenvalue weighted by Crippen LogP contribution is -2.38. The number of aliphatic hydroxyl groups excluding tert-OH is 1. The quantitative estimate of drug-likeness (QED) is 0.371. The third-order valence-electron chi connectivity index (χ3n) is 6.15. The number of rotatable bonds is 8. The molecule has 0 bridgehead atoms. The molecule has 33 heavy (non-hydrogen) atoms. The number of aliphatic hydroxyl groups is 1. The Balaban J connectivity index is 1.50. The number of hydrogen-bond acceptors (Lipinski definition) is 10. The third-order valence-corrected chi connectivity index (χ3v) is 6.15. The number of amidine groups is 1. The van der Waals surface area contributed by atoms with E-state index in [1.54, 1.807) is 13.1 Å². The van der Waals surface area contributed by atoms with Crippen LogP contribution in [0.4, 0.5) is 5.95 Å². The molecule has 1 saturated carbocycles. The Morgan fingerprint density at radius 3 is 2.70 bits per heavy atom. The van der Waals surface area contributed by atoms with Gasteiger partial charge in [0.25, 0.3) is 5.91 Å². The molecule has 12 nitrogen and oxygen atoms in total. The van der Waals surface area contributed by atoms with Crippen LogP contribution >= 0.6 is 0 Å². The summed E-state index contributed by atoms with van der Waals surface area (Å²) in [4.78, 5) is 27.4. The van der Waals surface area contributed by atoms with Crippen LogP contribution in [0.1, 0.15) is 43.2 Å². The van der Waals surface area contributed by atoms with Crippen molar-refractivity contribution in [3.8, 4) is 12.1 Å². The molecule has 0 unspecified atom stereocenters. The van der Waals surface area contributed by atoms with Gasteiger partial charge in [-0.25, -0.2) is 0 Å². The largest absolute Gasteiger partial charge is 0.462 e. The summed E-state index contributed by atoms with van der Waals surface area (Å²) in [6.45, 7) is 2.79. The SMILES string of the molecule is C[C@H](CO)NC(=O)c1nc(OCC2(C#N)CC2)nc(N2CCC(C3=CNC(=N)C3=N)CC2)n1. The number of piperidine rings is 1. The normalized spacial score (nSPS) is 20.5. The molecule has 3 aliphatic rings. The molecular weight excluding hydrogens is 426 g/mol. The van der Waals surface area contributed by atoms with Crippen LogP contribution in [0, 0.1) is 33.5 Å². The van der Waals surface area contributed by atoms with E-state index in [9.17, 15) is 15.2 Å². The third kappa shape index (κ3) is 4.93. The minimum absolute atomic E-state index is 0.0108. The Labute approximate surface area is 191 Å². The summed E-state index contributed by atoms with van der Waals surface area (Å²) in [6.07, 6.45) is 4.73. The van der Waals surface area contributed by atoms with E-state index < -0.39 is 17.4 Å². The lowest BCUT2D eigenvalue weighted by Gasteiger charge is -2.32. The van der Waals surface area contributed by atoms with Crippen molar-refractivity contribution >= 4 is 23.4 Å². The highest BCUT2D eigenvalue weighted by atomic mass is 16.5. The summed E-state index contributed by atoms with van der Waals surface area (Å²) < 4.78 is 5.70. The summed E-state index contributed by atoms with van der Waals surface area (Å²) in [5, 5.41) is 39.7. The fourth-order valence-corrected chi connectivity index (χ4v) is 3.78. The number of amides is 1. The number of aromatic nitrogens is 3. The number of nitrogens with one attached hydrogen (secondary N) is 4. The molecule has 0 radical (unpaired) electrons. The van der Waals surface area contributed by atoms with E-state index in [1.165, 1.54) is 0 Å². The van der Waals surface area contributed by atoms with Crippen molar-refractivity contribution in [1.29, 1.82) is 16.1 Å². The van der Waals surface area contributed by atoms with Crippen LogP contribution in [-0.4, -0.2) is 69.9 Å². The molecule has 2 fully saturated rings. The zero-order valence-electron chi connectivity index (χ0n) is 18.4. The molecule has 0 spiro atoms. The summed E-state index contributed by atoms with van der Waals surface area (Å²) in [6, 6.07) is 1.78. The first-order valence-corrected chi connectivity index (χ1v) is 11.0. The van der Waals surface area contributed by atoms with Gasteiger partial charge in [0.15, 0.2) is 0 Å². The van der Waals surface area contributed by atoms with Crippen LogP contribution in [0.2, 0.25) is 0 Å². The number of nitrogens with zero attached hydrogens (tertiary/aromatic N) is 5. The van der Waals surface area contributed by atoms with Crippen LogP contribution in [0.5, 0.6) is 6.01 Å². The van der Waals surface area contributed by atoms with Gasteiger partial charge in [-0.2, -0.15) is 20.2 Å². The van der Waals surface area contributed by atoms with Crippen LogP contribution in [-0.2, 0) is 0 Å². The average Bonchev–Trinajstić information content (AvgIpc) is 3.55. The topological polar surface area (TPSA) is 184 Å². The van der Waals surface area contributed by atoms with Gasteiger partial charge in [-0.05, 0) is 38.5 Å². The highest BCUT2D eigenvalue weighted by Crippen LogP contribution is 2.44. The van der Waals surface area contributed by atoms with E-state index in [0.717, 1.165) is 31.3 Å². The second-order valence-corrected chi connectivity index (χ2v) is 8.73. The standard InChI is InChI=1S/C21H27N9O3/c1-12(9-31)26-18(32)17-27-19(29-20(28-17)33-11-21(10-22)4-5-21)30-6-2-13(3-7-30)14-8-25-16(24)15(14)23/h8,12-13,31H,2-7,9,11H2,1H3,(H,26,32)(H3,23,24,25)/t12-/m1/s1. The Hall–Kier alpha value is -3.59. The lowest BCUT2D eigenvalue weighted by atomic mass is 9.88. The zero-order valence-corrected chi connectivity index (χ0v) is 18.4. The van der Waals surface area contributed by atoms with Crippen molar-refractivity contribution in [2.75, 3.05) is 31.2 Å². The maximum Gasteiger partial charge on any atom is 0.322 e. The fraction of sp³-hybridized carbons (Fsp3) is 0.571. The molecule has 174 valence electrons. The fourth-order valence-electron chi connectivity index (χ4n) is 3.78. The average molecular weight is 454 g/mol. The first-order valence-electron chi connectivity index (χ1n) is 11.0. The molecule has 2 aliphatic heterocycles. The van der Waals surface area contributed by atoms with E-state index in [-0.39, 0.29) is 42.5 Å². The second kappa shape index (κ2) is 9.11. The molecule has 5 N–H and O–H groups in total. The summed E-state index contributed by atoms with van der Waals surface area (Å²) >= 11 is 0. The van der Waals surface area contributed by atoms with Crippen LogP contribution in [0.3, 0.4) is 0 Å². The van der Waals surface area contributed by atoms with E-state index in [4.69, 9.17) is 15.6 Å². The van der Waals surface area contributed by atoms with Crippen molar-refractivity contribution in [1.82, 2.24) is 25.6 Å². The molecular formula is C21H27N9O3. The Bertz CT molecular complexity index is 1040. The van der Waals surface area contributed by atoms with Gasteiger partial charge in [0.2, 0.25) is 11.8 Å². The molecule has 1 aromatic rings. The predicted octanol–water partition coefficient (Wildman–Crippen LogP) is 0.365. The minimum atomic E-state index is -0.546. The van der Waals surface area contributed by atoms with Gasteiger partial charge in [0.05, 0.1) is 18.1 Å². The number of ether oxygens (including phenoxy) is 1. The minimum Gasteiger partial charge on any atom is -0.462 e. The molecule has 1 aromatic heterocycles. The predicted molar refractivity (Wildman–Crippen MR) is 118 cm³/mol. The van der Waals surface area contributed by atoms with Gasteiger partial charge in [-0.15, -0.1) is 0 Å². The van der Waals surface area contributed by atoms with E-state index in [2.05, 4.69) is 31.7 Å². The number of carbonyl (C=O) groups is 1. The van der Waals surface area contributed by atoms with E-state index >= 15 is 0 Å². The lowest BCUT2D eigenvalue weighted by molar-refractivity contribution is 0.0909. The van der Waals surface area contributed by atoms with Gasteiger partial charge >= 0.3 is 6.01 Å². The molecule has 12 heteroatoms. The first kappa shape index (κ1) is 22.6. The number of nitriles is 1. The Morgan fingerprint density at radius 1 is 1.39 bits per heavy atom. The van der Waals surface area contributed by atoms with Crippen molar-refractivity contribution in [2.45, 2.75) is 38.6 Å². The summed E-state index contributed by atoms with van der Waals surface area (Å²) in [5.74, 6) is -0.0820. The summed E-state index contributed by atoms with van der Waals surface area (Å²) in [5.41, 5.74) is 0.552. The number of anilines is 1. The maximum atomic E-state index is 12.6. The molecule has 1 aliphatic carbocycles. The molecule has 3 heterocycles. The zero-order chi connectivity index (χ0) is 23.6. The highest BCUT2D eigenvalue weighted by molar-refractivity contribution is 6.47. The number of carbonyl (C=O) groups excluding carboxylic acids is 1. The second-order valence-electron chi connectivity index (χ2n) is 8.73. The van der Waals surface area contributed by atoms with E-state index in [0.29, 0.717) is 19.0 Å². The van der Waals surface area contributed by atoms with Crippen molar-refractivity contribution in [2.24, 2.45) is 11.3 Å². The van der Waals surface area contributed by atoms with Gasteiger partial charge in [0.1, 0.15) is 18.2 Å². The highest BCUT2D eigenvalue weighted by Gasteiger charge is 2.44.